The van der Waals surface area contributed by atoms with Gasteiger partial charge in [-0.2, -0.15) is 0 Å². The van der Waals surface area contributed by atoms with E-state index < -0.39 is 0 Å². The lowest BCUT2D eigenvalue weighted by molar-refractivity contribution is 0.0963. The summed E-state index contributed by atoms with van der Waals surface area (Å²) in [7, 11) is 4.82. The molecule has 0 aliphatic rings. The Balaban J connectivity index is 1.81. The molecular weight excluding hydrogens is 368 g/mol. The third-order valence-electron chi connectivity index (χ3n) is 4.73. The van der Waals surface area contributed by atoms with Gasteiger partial charge in [-0.25, -0.2) is 0 Å². The Morgan fingerprint density at radius 3 is 2.45 bits per heavy atom. The summed E-state index contributed by atoms with van der Waals surface area (Å²) >= 11 is 0. The summed E-state index contributed by atoms with van der Waals surface area (Å²) in [4.78, 5) is 12.0. The predicted octanol–water partition coefficient (Wildman–Crippen LogP) is 3.44. The zero-order chi connectivity index (χ0) is 20.4. The van der Waals surface area contributed by atoms with E-state index >= 15 is 0 Å². The minimum Gasteiger partial charge on any atom is -0.493 e. The highest BCUT2D eigenvalue weighted by atomic mass is 16.5. The zero-order valence-corrected chi connectivity index (χ0v) is 16.3. The number of hydrogen-bond donors (Lipinski definition) is 1. The first kappa shape index (κ1) is 18.5. The number of fused-ring (bicyclic) bond motifs is 1. The molecule has 7 heteroatoms. The number of aromatic nitrogens is 3. The summed E-state index contributed by atoms with van der Waals surface area (Å²) in [5.41, 5.74) is 4.06. The van der Waals surface area contributed by atoms with E-state index in [1.165, 1.54) is 0 Å². The van der Waals surface area contributed by atoms with Gasteiger partial charge in [0.2, 0.25) is 0 Å². The number of rotatable bonds is 5. The second-order valence-electron chi connectivity index (χ2n) is 6.40. The van der Waals surface area contributed by atoms with E-state index in [1.807, 2.05) is 59.1 Å². The predicted molar refractivity (Wildman–Crippen MR) is 110 cm³/mol. The summed E-state index contributed by atoms with van der Waals surface area (Å²) in [6, 6.07) is 17.0. The maximum Gasteiger partial charge on any atom is 0.251 e. The third kappa shape index (κ3) is 3.38. The summed E-state index contributed by atoms with van der Waals surface area (Å²) in [6.45, 7) is 0. The lowest BCUT2D eigenvalue weighted by atomic mass is 10.0. The maximum absolute atomic E-state index is 12.0. The third-order valence-corrected chi connectivity index (χ3v) is 4.73. The van der Waals surface area contributed by atoms with E-state index in [9.17, 15) is 4.79 Å². The topological polar surface area (TPSA) is 77.8 Å². The van der Waals surface area contributed by atoms with Gasteiger partial charge in [-0.1, -0.05) is 12.1 Å². The second-order valence-corrected chi connectivity index (χ2v) is 6.40. The molecule has 0 unspecified atom stereocenters. The average molecular weight is 388 g/mol. The first-order valence-electron chi connectivity index (χ1n) is 9.04. The van der Waals surface area contributed by atoms with Crippen LogP contribution >= 0.6 is 0 Å². The molecule has 29 heavy (non-hydrogen) atoms. The molecule has 0 saturated heterocycles. The molecule has 7 nitrogen and oxygen atoms in total. The van der Waals surface area contributed by atoms with Crippen molar-refractivity contribution in [1.29, 1.82) is 0 Å². The van der Waals surface area contributed by atoms with Gasteiger partial charge in [0, 0.05) is 24.4 Å². The van der Waals surface area contributed by atoms with Gasteiger partial charge in [-0.15, -0.1) is 10.2 Å². The average Bonchev–Trinajstić information content (AvgIpc) is 3.21. The molecule has 1 amide bonds. The van der Waals surface area contributed by atoms with E-state index in [4.69, 9.17) is 9.47 Å². The van der Waals surface area contributed by atoms with Crippen molar-refractivity contribution in [2.24, 2.45) is 0 Å². The van der Waals surface area contributed by atoms with E-state index in [2.05, 4.69) is 15.5 Å². The van der Waals surface area contributed by atoms with E-state index in [1.54, 1.807) is 27.3 Å². The van der Waals surface area contributed by atoms with Gasteiger partial charge >= 0.3 is 0 Å². The molecule has 0 radical (unpaired) electrons. The fraction of sp³-hybridized carbons (Fsp3) is 0.136. The number of nitrogens with one attached hydrogen (secondary N) is 1. The Morgan fingerprint density at radius 2 is 1.69 bits per heavy atom. The number of methoxy groups -OCH3 is 2. The SMILES string of the molecule is CNC(=O)c1cccc(-c2ccc3nnc(-c4ccc(OC)c(OC)c4)n3c2)c1. The number of carbonyl (C=O) groups excluding carboxylic acids is 1. The normalized spacial score (nSPS) is 10.7. The lowest BCUT2D eigenvalue weighted by Crippen LogP contribution is -2.17. The molecule has 1 N–H and O–H groups in total. The molecule has 0 fully saturated rings. The molecule has 0 bridgehead atoms. The van der Waals surface area contributed by atoms with Crippen LogP contribution in [0.15, 0.2) is 60.8 Å². The van der Waals surface area contributed by atoms with Crippen LogP contribution in [0.1, 0.15) is 10.4 Å². The molecule has 2 heterocycles. The van der Waals surface area contributed by atoms with Crippen LogP contribution < -0.4 is 14.8 Å². The smallest absolute Gasteiger partial charge is 0.251 e. The van der Waals surface area contributed by atoms with Crippen molar-refractivity contribution in [1.82, 2.24) is 19.9 Å². The molecule has 0 saturated carbocycles. The number of benzene rings is 2. The summed E-state index contributed by atoms with van der Waals surface area (Å²) < 4.78 is 12.6. The molecule has 2 aromatic heterocycles. The van der Waals surface area contributed by atoms with Gasteiger partial charge in [0.1, 0.15) is 0 Å². The Labute approximate surface area is 167 Å². The van der Waals surface area contributed by atoms with Crippen molar-refractivity contribution >= 4 is 11.6 Å². The van der Waals surface area contributed by atoms with Gasteiger partial charge in [-0.05, 0) is 53.6 Å². The number of amides is 1. The standard InChI is InChI=1S/C22H20N4O3/c1-23-22(27)16-6-4-5-14(11-16)17-8-10-20-24-25-21(26(20)13-17)15-7-9-18(28-2)19(12-15)29-3/h4-13H,1-3H3,(H,23,27). The maximum atomic E-state index is 12.0. The van der Waals surface area contributed by atoms with E-state index in [0.29, 0.717) is 22.9 Å². The minimum absolute atomic E-state index is 0.122. The van der Waals surface area contributed by atoms with Crippen molar-refractivity contribution in [3.63, 3.8) is 0 Å². The molecule has 0 aliphatic carbocycles. The molecule has 0 spiro atoms. The second kappa shape index (κ2) is 7.63. The Morgan fingerprint density at radius 1 is 0.897 bits per heavy atom. The first-order valence-corrected chi connectivity index (χ1v) is 9.04. The van der Waals surface area contributed by atoms with E-state index in [-0.39, 0.29) is 5.91 Å². The van der Waals surface area contributed by atoms with Gasteiger partial charge in [0.25, 0.3) is 5.91 Å². The Bertz CT molecular complexity index is 1200. The van der Waals surface area contributed by atoms with Crippen molar-refractivity contribution in [3.05, 3.63) is 66.4 Å². The monoisotopic (exact) mass is 388 g/mol. The fourth-order valence-electron chi connectivity index (χ4n) is 3.22. The van der Waals surface area contributed by atoms with Gasteiger partial charge in [0.15, 0.2) is 23.0 Å². The molecule has 0 atom stereocenters. The number of carbonyl (C=O) groups is 1. The van der Waals surface area contributed by atoms with Crippen LogP contribution in [-0.2, 0) is 0 Å². The van der Waals surface area contributed by atoms with E-state index in [0.717, 1.165) is 22.3 Å². The summed E-state index contributed by atoms with van der Waals surface area (Å²) in [5.74, 6) is 1.83. The van der Waals surface area contributed by atoms with Crippen LogP contribution in [0.5, 0.6) is 11.5 Å². The lowest BCUT2D eigenvalue weighted by Gasteiger charge is -2.09. The number of ether oxygens (including phenoxy) is 2. The van der Waals surface area contributed by atoms with Crippen molar-refractivity contribution < 1.29 is 14.3 Å². The van der Waals surface area contributed by atoms with Gasteiger partial charge in [-0.3, -0.25) is 9.20 Å². The number of nitrogens with zero attached hydrogens (tertiary/aromatic N) is 3. The summed E-state index contributed by atoms with van der Waals surface area (Å²) in [5, 5.41) is 11.3. The van der Waals surface area contributed by atoms with Crippen LogP contribution in [0.4, 0.5) is 0 Å². The summed E-state index contributed by atoms with van der Waals surface area (Å²) in [6.07, 6.45) is 1.96. The fourth-order valence-corrected chi connectivity index (χ4v) is 3.22. The van der Waals surface area contributed by atoms with Crippen LogP contribution in [-0.4, -0.2) is 41.8 Å². The Kier molecular flexibility index (Phi) is 4.87. The van der Waals surface area contributed by atoms with Crippen LogP contribution in [0.2, 0.25) is 0 Å². The zero-order valence-electron chi connectivity index (χ0n) is 16.3. The minimum atomic E-state index is -0.122. The highest BCUT2D eigenvalue weighted by Gasteiger charge is 2.13. The van der Waals surface area contributed by atoms with Gasteiger partial charge < -0.3 is 14.8 Å². The van der Waals surface area contributed by atoms with Crippen LogP contribution in [0.3, 0.4) is 0 Å². The molecule has 146 valence electrons. The van der Waals surface area contributed by atoms with Crippen molar-refractivity contribution in [2.75, 3.05) is 21.3 Å². The number of hydrogen-bond acceptors (Lipinski definition) is 5. The first-order chi connectivity index (χ1) is 14.1. The van der Waals surface area contributed by atoms with Crippen LogP contribution in [0.25, 0.3) is 28.2 Å². The van der Waals surface area contributed by atoms with Crippen molar-refractivity contribution in [3.8, 4) is 34.0 Å². The van der Waals surface area contributed by atoms with Crippen LogP contribution in [0, 0.1) is 0 Å². The molecule has 4 rings (SSSR count). The molecule has 4 aromatic rings. The quantitative estimate of drug-likeness (QED) is 0.567. The van der Waals surface area contributed by atoms with Gasteiger partial charge in [0.05, 0.1) is 14.2 Å². The molecular formula is C22H20N4O3. The highest BCUT2D eigenvalue weighted by Crippen LogP contribution is 2.32. The number of pyridine rings is 1. The van der Waals surface area contributed by atoms with Crippen molar-refractivity contribution in [2.45, 2.75) is 0 Å². The Hall–Kier alpha value is -3.87. The molecule has 0 aliphatic heterocycles. The highest BCUT2D eigenvalue weighted by molar-refractivity contribution is 5.95. The largest absolute Gasteiger partial charge is 0.493 e. The molecule has 2 aromatic carbocycles.